The van der Waals surface area contributed by atoms with E-state index in [1.54, 1.807) is 17.3 Å². The first-order chi connectivity index (χ1) is 10.3. The Labute approximate surface area is 135 Å². The molecule has 0 atom stereocenters. The van der Waals surface area contributed by atoms with E-state index in [2.05, 4.69) is 4.98 Å². The molecular formula is C16H21ClN2O3. The molecule has 1 aromatic heterocycles. The molecule has 0 bridgehead atoms. The Morgan fingerprint density at radius 1 is 1.32 bits per heavy atom. The van der Waals surface area contributed by atoms with Crippen molar-refractivity contribution in [1.29, 1.82) is 0 Å². The zero-order valence-electron chi connectivity index (χ0n) is 13.1. The second-order valence-electron chi connectivity index (χ2n) is 6.55. The van der Waals surface area contributed by atoms with Crippen molar-refractivity contribution in [3.63, 3.8) is 0 Å². The Kier molecular flexibility index (Phi) is 5.19. The molecule has 1 aromatic rings. The summed E-state index contributed by atoms with van der Waals surface area (Å²) in [5.41, 5.74) is -0.0150. The number of hydroxylamine groups is 2. The monoisotopic (exact) mass is 324 g/mol. The van der Waals surface area contributed by atoms with Gasteiger partial charge in [-0.15, -0.1) is 5.06 Å². The summed E-state index contributed by atoms with van der Waals surface area (Å²) in [6, 6.07) is 1.65. The van der Waals surface area contributed by atoms with Gasteiger partial charge >= 0.3 is 5.97 Å². The van der Waals surface area contributed by atoms with Crippen molar-refractivity contribution >= 4 is 23.4 Å². The van der Waals surface area contributed by atoms with Crippen LogP contribution in [0, 0.1) is 11.3 Å². The first kappa shape index (κ1) is 16.9. The molecule has 1 fully saturated rings. The average Bonchev–Trinajstić information content (AvgIpc) is 2.47. The molecule has 0 spiro atoms. The molecule has 5 nitrogen and oxygen atoms in total. The van der Waals surface area contributed by atoms with E-state index in [-0.39, 0.29) is 17.7 Å². The number of pyridine rings is 1. The molecule has 2 heterocycles. The summed E-state index contributed by atoms with van der Waals surface area (Å²) in [7, 11) is 0. The normalized spacial score (nSPS) is 17.3. The molecule has 0 amide bonds. The number of hydrogen-bond acceptors (Lipinski definition) is 5. The summed E-state index contributed by atoms with van der Waals surface area (Å²) in [5.74, 6) is -0.312. The summed E-state index contributed by atoms with van der Waals surface area (Å²) in [6.45, 7) is 6.56. The molecule has 0 N–H and O–H groups in total. The molecule has 120 valence electrons. The highest BCUT2D eigenvalue weighted by Crippen LogP contribution is 2.26. The fourth-order valence-corrected chi connectivity index (χ4v) is 2.47. The molecule has 2 rings (SSSR count). The third-order valence-electron chi connectivity index (χ3n) is 3.69. The minimum atomic E-state index is -0.531. The van der Waals surface area contributed by atoms with Gasteiger partial charge in [0.15, 0.2) is 5.78 Å². The van der Waals surface area contributed by atoms with Crippen molar-refractivity contribution < 1.29 is 14.4 Å². The Balaban J connectivity index is 1.91. The third kappa shape index (κ3) is 4.05. The first-order valence-corrected chi connectivity index (χ1v) is 7.78. The van der Waals surface area contributed by atoms with Crippen LogP contribution >= 0.6 is 11.6 Å². The first-order valence-electron chi connectivity index (χ1n) is 7.40. The number of nitrogens with zero attached hydrogens (tertiary/aromatic N) is 2. The maximum Gasteiger partial charge on any atom is 0.330 e. The molecule has 6 heteroatoms. The fraction of sp³-hybridized carbons (Fsp3) is 0.562. The molecule has 1 saturated heterocycles. The van der Waals surface area contributed by atoms with Gasteiger partial charge in [0, 0.05) is 37.0 Å². The lowest BCUT2D eigenvalue weighted by molar-refractivity contribution is -0.205. The smallest absolute Gasteiger partial charge is 0.330 e. The van der Waals surface area contributed by atoms with Crippen molar-refractivity contribution in [2.75, 3.05) is 13.1 Å². The van der Waals surface area contributed by atoms with Gasteiger partial charge in [0.05, 0.1) is 10.4 Å². The number of halogens is 1. The second kappa shape index (κ2) is 6.75. The van der Waals surface area contributed by atoms with E-state index in [9.17, 15) is 9.59 Å². The van der Waals surface area contributed by atoms with E-state index in [1.165, 1.54) is 6.20 Å². The van der Waals surface area contributed by atoms with Crippen LogP contribution in [0.4, 0.5) is 0 Å². The number of rotatable bonds is 3. The predicted molar refractivity (Wildman–Crippen MR) is 83.4 cm³/mol. The molecule has 1 aliphatic rings. The Morgan fingerprint density at radius 3 is 2.50 bits per heavy atom. The minimum Gasteiger partial charge on any atom is -0.367 e. The maximum atomic E-state index is 12.5. The van der Waals surface area contributed by atoms with E-state index >= 15 is 0 Å². The number of piperidine rings is 1. The molecule has 0 saturated carbocycles. The number of aromatic nitrogens is 1. The van der Waals surface area contributed by atoms with Gasteiger partial charge in [-0.05, 0) is 39.7 Å². The van der Waals surface area contributed by atoms with Crippen molar-refractivity contribution in [3.8, 4) is 0 Å². The van der Waals surface area contributed by atoms with E-state index in [0.717, 1.165) is 0 Å². The quantitative estimate of drug-likeness (QED) is 0.799. The molecular weight excluding hydrogens is 304 g/mol. The Morgan fingerprint density at radius 2 is 1.95 bits per heavy atom. The number of carbonyl (C=O) groups excluding carboxylic acids is 2. The highest BCUT2D eigenvalue weighted by atomic mass is 35.5. The van der Waals surface area contributed by atoms with Gasteiger partial charge in [0.1, 0.15) is 0 Å². The molecule has 0 radical (unpaired) electrons. The Bertz CT molecular complexity index is 561. The Hall–Kier alpha value is -1.46. The van der Waals surface area contributed by atoms with Crippen LogP contribution in [0.1, 0.15) is 44.0 Å². The second-order valence-corrected chi connectivity index (χ2v) is 6.96. The number of hydrogen-bond donors (Lipinski definition) is 0. The van der Waals surface area contributed by atoms with Gasteiger partial charge in [-0.1, -0.05) is 11.6 Å². The fourth-order valence-electron chi connectivity index (χ4n) is 2.26. The van der Waals surface area contributed by atoms with E-state index < -0.39 is 5.41 Å². The summed E-state index contributed by atoms with van der Waals surface area (Å²) in [5, 5.41) is 2.03. The molecule has 1 aliphatic heterocycles. The van der Waals surface area contributed by atoms with Gasteiger partial charge in [-0.3, -0.25) is 9.78 Å². The van der Waals surface area contributed by atoms with Crippen LogP contribution in [-0.4, -0.2) is 34.9 Å². The van der Waals surface area contributed by atoms with Crippen molar-refractivity contribution in [3.05, 3.63) is 29.0 Å². The van der Waals surface area contributed by atoms with Crippen molar-refractivity contribution in [2.24, 2.45) is 11.3 Å². The zero-order chi connectivity index (χ0) is 16.3. The molecule has 0 unspecified atom stereocenters. The van der Waals surface area contributed by atoms with Gasteiger partial charge < -0.3 is 4.84 Å². The lowest BCUT2D eigenvalue weighted by Gasteiger charge is -2.31. The number of Topliss-reactive ketones (excluding diaryl/α,β-unsaturated/α-hetero) is 1. The van der Waals surface area contributed by atoms with E-state index in [1.807, 2.05) is 20.8 Å². The summed E-state index contributed by atoms with van der Waals surface area (Å²) >= 11 is 6.02. The van der Waals surface area contributed by atoms with Crippen LogP contribution in [-0.2, 0) is 9.63 Å². The molecule has 0 aromatic carbocycles. The van der Waals surface area contributed by atoms with Crippen LogP contribution in [0.5, 0.6) is 0 Å². The SMILES string of the molecule is CC(C)(C)C(=O)ON1CCC(C(=O)c2ccncc2Cl)CC1. The van der Waals surface area contributed by atoms with Crippen LogP contribution in [0.25, 0.3) is 0 Å². The van der Waals surface area contributed by atoms with Gasteiger partial charge in [0.2, 0.25) is 0 Å². The third-order valence-corrected chi connectivity index (χ3v) is 3.99. The highest BCUT2D eigenvalue weighted by Gasteiger charge is 2.31. The maximum absolute atomic E-state index is 12.5. The zero-order valence-corrected chi connectivity index (χ0v) is 13.9. The summed E-state index contributed by atoms with van der Waals surface area (Å²) < 4.78 is 0. The molecule has 22 heavy (non-hydrogen) atoms. The van der Waals surface area contributed by atoms with Gasteiger partial charge in [0.25, 0.3) is 0 Å². The van der Waals surface area contributed by atoms with Crippen molar-refractivity contribution in [2.45, 2.75) is 33.6 Å². The topological polar surface area (TPSA) is 59.5 Å². The summed E-state index contributed by atoms with van der Waals surface area (Å²) in [6.07, 6.45) is 4.35. The highest BCUT2D eigenvalue weighted by molar-refractivity contribution is 6.33. The largest absolute Gasteiger partial charge is 0.367 e. The average molecular weight is 325 g/mol. The number of carbonyl (C=O) groups is 2. The van der Waals surface area contributed by atoms with E-state index in [4.69, 9.17) is 16.4 Å². The van der Waals surface area contributed by atoms with Crippen LogP contribution < -0.4 is 0 Å². The summed E-state index contributed by atoms with van der Waals surface area (Å²) in [4.78, 5) is 33.6. The lowest BCUT2D eigenvalue weighted by Crippen LogP contribution is -2.40. The standard InChI is InChI=1S/C16H21ClN2O3/c1-16(2,3)15(21)22-19-8-5-11(6-9-19)14(20)12-4-7-18-10-13(12)17/h4,7,10-11H,5-6,8-9H2,1-3H3. The van der Waals surface area contributed by atoms with Crippen LogP contribution in [0.3, 0.4) is 0 Å². The molecule has 0 aliphatic carbocycles. The van der Waals surface area contributed by atoms with Crippen LogP contribution in [0.15, 0.2) is 18.5 Å². The van der Waals surface area contributed by atoms with Gasteiger partial charge in [-0.2, -0.15) is 0 Å². The van der Waals surface area contributed by atoms with Gasteiger partial charge in [-0.25, -0.2) is 4.79 Å². The predicted octanol–water partition coefficient (Wildman–Crippen LogP) is 3.13. The van der Waals surface area contributed by atoms with Crippen LogP contribution in [0.2, 0.25) is 5.02 Å². The van der Waals surface area contributed by atoms with Crippen molar-refractivity contribution in [1.82, 2.24) is 10.0 Å². The number of ketones is 1. The lowest BCUT2D eigenvalue weighted by atomic mass is 9.90. The van der Waals surface area contributed by atoms with E-state index in [0.29, 0.717) is 36.5 Å². The minimum absolute atomic E-state index is 0.0363.